The van der Waals surface area contributed by atoms with Crippen LogP contribution in [0.3, 0.4) is 0 Å². The summed E-state index contributed by atoms with van der Waals surface area (Å²) in [5, 5.41) is 9.06. The van der Waals surface area contributed by atoms with Gasteiger partial charge in [0.2, 0.25) is 0 Å². The Bertz CT molecular complexity index is 333. The van der Waals surface area contributed by atoms with E-state index in [9.17, 15) is 18.1 Å². The van der Waals surface area contributed by atoms with Crippen LogP contribution in [0, 0.1) is 0 Å². The molecule has 2 unspecified atom stereocenters. The van der Waals surface area contributed by atoms with Gasteiger partial charge >= 0.3 is 51.4 Å². The zero-order valence-electron chi connectivity index (χ0n) is 14.7. The van der Waals surface area contributed by atoms with Gasteiger partial charge < -0.3 is 9.66 Å². The molecule has 128 valence electrons. The van der Waals surface area contributed by atoms with E-state index in [1.807, 2.05) is 0 Å². The molecule has 0 aliphatic heterocycles. The van der Waals surface area contributed by atoms with Gasteiger partial charge in [-0.05, 0) is 25.7 Å². The molecule has 0 amide bonds. The first-order valence-electron chi connectivity index (χ1n) is 8.54. The fourth-order valence-corrected chi connectivity index (χ4v) is 3.47. The van der Waals surface area contributed by atoms with Crippen LogP contribution < -0.4 is 51.4 Å². The van der Waals surface area contributed by atoms with Crippen LogP contribution in [0.25, 0.3) is 0 Å². The van der Waals surface area contributed by atoms with Gasteiger partial charge in [-0.1, -0.05) is 65.2 Å². The van der Waals surface area contributed by atoms with Crippen LogP contribution in [0.15, 0.2) is 0 Å². The van der Waals surface area contributed by atoms with Gasteiger partial charge in [0.25, 0.3) is 0 Å². The summed E-state index contributed by atoms with van der Waals surface area (Å²) in [4.78, 5) is 0. The van der Waals surface area contributed by atoms with Gasteiger partial charge in [0.1, 0.15) is 0 Å². The van der Waals surface area contributed by atoms with Gasteiger partial charge in [-0.3, -0.25) is 0 Å². The van der Waals surface area contributed by atoms with Crippen molar-refractivity contribution in [2.24, 2.45) is 0 Å². The van der Waals surface area contributed by atoms with Crippen LogP contribution >= 0.6 is 0 Å². The maximum absolute atomic E-state index is 10.9. The fraction of sp³-hybridized carbons (Fsp3) is 1.00. The molecule has 0 heterocycles. The standard InChI is InChI=1S/C16H34O4S.K/c1-3-5-9-12-15(17)13-10-7-6-8-11-14-16(4-2)21(18,19)20;/h15-17H,3-14H2,1-2H3,(H,18,19,20);/q;+1/p-1. The minimum Gasteiger partial charge on any atom is -0.748 e. The quantitative estimate of drug-likeness (QED) is 0.285. The zero-order chi connectivity index (χ0) is 16.1. The Balaban J connectivity index is 0. The second kappa shape index (κ2) is 16.0. The van der Waals surface area contributed by atoms with E-state index >= 15 is 0 Å². The minimum atomic E-state index is -4.12. The molecule has 4 nitrogen and oxygen atoms in total. The molecule has 0 rings (SSSR count). The van der Waals surface area contributed by atoms with Gasteiger partial charge in [-0.25, -0.2) is 8.42 Å². The summed E-state index contributed by atoms with van der Waals surface area (Å²) in [6.45, 7) is 3.91. The summed E-state index contributed by atoms with van der Waals surface area (Å²) in [7, 11) is -4.12. The molecule has 0 aliphatic carbocycles. The average molecular weight is 361 g/mol. The van der Waals surface area contributed by atoms with E-state index in [0.29, 0.717) is 12.8 Å². The molecule has 0 saturated heterocycles. The van der Waals surface area contributed by atoms with E-state index in [1.54, 1.807) is 6.92 Å². The summed E-state index contributed by atoms with van der Waals surface area (Å²) in [6, 6.07) is 0. The Kier molecular flexibility index (Phi) is 18.7. The molecule has 2 atom stereocenters. The Morgan fingerprint density at radius 1 is 0.864 bits per heavy atom. The normalized spacial score (nSPS) is 14.4. The summed E-state index contributed by atoms with van der Waals surface area (Å²) in [5.41, 5.74) is 0. The van der Waals surface area contributed by atoms with Gasteiger partial charge in [0, 0.05) is 5.25 Å². The van der Waals surface area contributed by atoms with E-state index < -0.39 is 15.4 Å². The zero-order valence-corrected chi connectivity index (χ0v) is 18.7. The molecule has 0 aliphatic rings. The molecule has 0 saturated carbocycles. The first kappa shape index (κ1) is 25.7. The molecular formula is C16H33KO4S. The van der Waals surface area contributed by atoms with Crippen LogP contribution in [-0.2, 0) is 10.1 Å². The third-order valence-electron chi connectivity index (χ3n) is 4.07. The fourth-order valence-electron chi connectivity index (χ4n) is 2.61. The Morgan fingerprint density at radius 3 is 1.77 bits per heavy atom. The number of hydrogen-bond acceptors (Lipinski definition) is 4. The first-order chi connectivity index (χ1) is 9.91. The van der Waals surface area contributed by atoms with Crippen molar-refractivity contribution in [2.45, 2.75) is 102 Å². The van der Waals surface area contributed by atoms with Crippen molar-refractivity contribution in [1.29, 1.82) is 0 Å². The predicted octanol–water partition coefficient (Wildman–Crippen LogP) is 0.986. The average Bonchev–Trinajstić information content (AvgIpc) is 2.40. The number of aliphatic hydroxyl groups is 1. The third kappa shape index (κ3) is 15.1. The molecule has 22 heavy (non-hydrogen) atoms. The molecule has 0 fully saturated rings. The largest absolute Gasteiger partial charge is 1.00 e. The first-order valence-corrected chi connectivity index (χ1v) is 10.0. The van der Waals surface area contributed by atoms with Crippen molar-refractivity contribution in [1.82, 2.24) is 0 Å². The number of hydrogen-bond donors (Lipinski definition) is 1. The molecule has 0 aromatic heterocycles. The predicted molar refractivity (Wildman–Crippen MR) is 86.2 cm³/mol. The topological polar surface area (TPSA) is 77.4 Å². The summed E-state index contributed by atoms with van der Waals surface area (Å²) in [6.07, 6.45) is 10.9. The van der Waals surface area contributed by atoms with Crippen molar-refractivity contribution in [3.05, 3.63) is 0 Å². The summed E-state index contributed by atoms with van der Waals surface area (Å²) in [5.74, 6) is 0. The van der Waals surface area contributed by atoms with E-state index in [4.69, 9.17) is 0 Å². The molecule has 0 aromatic carbocycles. The van der Waals surface area contributed by atoms with Crippen LogP contribution in [0.1, 0.15) is 90.9 Å². The second-order valence-electron chi connectivity index (χ2n) is 6.02. The maximum Gasteiger partial charge on any atom is 1.00 e. The molecule has 1 N–H and O–H groups in total. The minimum absolute atomic E-state index is 0. The molecule has 0 aromatic rings. The smallest absolute Gasteiger partial charge is 0.748 e. The molecule has 0 radical (unpaired) electrons. The Labute approximate surface area is 180 Å². The van der Waals surface area contributed by atoms with Crippen LogP contribution in [-0.4, -0.2) is 29.4 Å². The van der Waals surface area contributed by atoms with E-state index in [1.165, 1.54) is 12.8 Å². The van der Waals surface area contributed by atoms with Crippen molar-refractivity contribution in [3.63, 3.8) is 0 Å². The van der Waals surface area contributed by atoms with Gasteiger partial charge in [-0.15, -0.1) is 0 Å². The SMILES string of the molecule is CCCCCC(O)CCCCCCCC(CC)S(=O)(=O)[O-].[K+]. The van der Waals surface area contributed by atoms with Crippen LogP contribution in [0.5, 0.6) is 0 Å². The molecule has 0 bridgehead atoms. The van der Waals surface area contributed by atoms with Gasteiger partial charge in [-0.2, -0.15) is 0 Å². The van der Waals surface area contributed by atoms with E-state index in [0.717, 1.165) is 51.4 Å². The van der Waals surface area contributed by atoms with Crippen molar-refractivity contribution in [3.8, 4) is 0 Å². The molecule has 0 spiro atoms. The monoisotopic (exact) mass is 360 g/mol. The molecule has 6 heteroatoms. The summed E-state index contributed by atoms with van der Waals surface area (Å²) < 4.78 is 32.8. The van der Waals surface area contributed by atoms with E-state index in [2.05, 4.69) is 6.92 Å². The summed E-state index contributed by atoms with van der Waals surface area (Å²) >= 11 is 0. The number of aliphatic hydroxyl groups excluding tert-OH is 1. The molecular weight excluding hydrogens is 327 g/mol. The van der Waals surface area contributed by atoms with E-state index in [-0.39, 0.29) is 57.5 Å². The van der Waals surface area contributed by atoms with Crippen molar-refractivity contribution in [2.75, 3.05) is 0 Å². The third-order valence-corrected chi connectivity index (χ3v) is 5.45. The van der Waals surface area contributed by atoms with Crippen molar-refractivity contribution >= 4 is 10.1 Å². The number of unbranched alkanes of at least 4 members (excludes halogenated alkanes) is 6. The van der Waals surface area contributed by atoms with Crippen molar-refractivity contribution < 1.29 is 69.5 Å². The second-order valence-corrected chi connectivity index (χ2v) is 7.67. The van der Waals surface area contributed by atoms with Crippen LogP contribution in [0.2, 0.25) is 0 Å². The maximum atomic E-state index is 10.9. The van der Waals surface area contributed by atoms with Crippen LogP contribution in [0.4, 0.5) is 0 Å². The Morgan fingerprint density at radius 2 is 1.32 bits per heavy atom. The van der Waals surface area contributed by atoms with Gasteiger partial charge in [0.15, 0.2) is 0 Å². The number of rotatable bonds is 14. The Hall–Kier alpha value is 1.51. The van der Waals surface area contributed by atoms with Gasteiger partial charge in [0.05, 0.1) is 16.2 Å².